The minimum Gasteiger partial charge on any atom is -0.365 e. The van der Waals surface area contributed by atoms with Gasteiger partial charge in [0.25, 0.3) is 11.8 Å². The van der Waals surface area contributed by atoms with Gasteiger partial charge in [0.15, 0.2) is 6.10 Å². The van der Waals surface area contributed by atoms with Crippen molar-refractivity contribution >= 4 is 22.9 Å². The highest BCUT2D eigenvalue weighted by molar-refractivity contribution is 5.82. The highest BCUT2D eigenvalue weighted by Crippen LogP contribution is 2.29. The number of aryl methyl sites for hydroxylation is 1. The summed E-state index contributed by atoms with van der Waals surface area (Å²) in [5, 5.41) is 0. The number of carbonyl (C=O) groups excluding carboxylic acids is 1. The Bertz CT molecular complexity index is 813. The van der Waals surface area contributed by atoms with Crippen LogP contribution in [0, 0.1) is 0 Å². The number of anilines is 1. The number of imidazole rings is 1. The van der Waals surface area contributed by atoms with Crippen molar-refractivity contribution in [2.45, 2.75) is 24.9 Å². The second kappa shape index (κ2) is 6.50. The topological polar surface area (TPSA) is 50.6 Å². The molecule has 0 spiro atoms. The zero-order chi connectivity index (χ0) is 18.3. The van der Waals surface area contributed by atoms with Gasteiger partial charge in [0, 0.05) is 39.5 Å². The van der Waals surface area contributed by atoms with E-state index in [0.29, 0.717) is 19.7 Å². The number of nitrogens with zero attached hydrogens (tertiary/aromatic N) is 4. The molecule has 0 aliphatic carbocycles. The molecule has 2 aromatic rings. The zero-order valence-electron chi connectivity index (χ0n) is 14.7. The molecule has 0 bridgehead atoms. The predicted octanol–water partition coefficient (Wildman–Crippen LogP) is 2.04. The van der Waals surface area contributed by atoms with E-state index in [1.807, 2.05) is 40.8 Å². The molecular formula is C18H22F2N4O2. The van der Waals surface area contributed by atoms with Gasteiger partial charge in [-0.3, -0.25) is 4.79 Å². The van der Waals surface area contributed by atoms with Gasteiger partial charge < -0.3 is 19.1 Å². The van der Waals surface area contributed by atoms with Crippen molar-refractivity contribution in [3.63, 3.8) is 0 Å². The summed E-state index contributed by atoms with van der Waals surface area (Å²) in [5.41, 5.74) is 1.92. The van der Waals surface area contributed by atoms with Crippen LogP contribution in [0.2, 0.25) is 0 Å². The average Bonchev–Trinajstić information content (AvgIpc) is 2.98. The standard InChI is InChI=1S/C18H22F2N4O2/c1-22-14-5-3-2-4-13(14)21-17(22)24-10-11-26-15(12-24)16(25)23-8-6-18(19,20)7-9-23/h2-5,15H,6-12H2,1H3. The molecule has 1 amide bonds. The fourth-order valence-corrected chi connectivity index (χ4v) is 3.65. The van der Waals surface area contributed by atoms with Crippen LogP contribution in [0.3, 0.4) is 0 Å². The number of hydrogen-bond acceptors (Lipinski definition) is 4. The Morgan fingerprint density at radius 1 is 1.23 bits per heavy atom. The largest absolute Gasteiger partial charge is 0.365 e. The summed E-state index contributed by atoms with van der Waals surface area (Å²) in [6.45, 7) is 1.58. The van der Waals surface area contributed by atoms with Crippen LogP contribution < -0.4 is 4.90 Å². The van der Waals surface area contributed by atoms with E-state index >= 15 is 0 Å². The number of alkyl halides is 2. The van der Waals surface area contributed by atoms with Crippen molar-refractivity contribution in [1.82, 2.24) is 14.5 Å². The van der Waals surface area contributed by atoms with Crippen LogP contribution in [0.4, 0.5) is 14.7 Å². The summed E-state index contributed by atoms with van der Waals surface area (Å²) in [6.07, 6.45) is -1.20. The first kappa shape index (κ1) is 17.2. The molecule has 3 heterocycles. The normalized spacial score (nSPS) is 23.4. The summed E-state index contributed by atoms with van der Waals surface area (Å²) < 4.78 is 34.3. The first-order valence-corrected chi connectivity index (χ1v) is 8.89. The number of carbonyl (C=O) groups is 1. The second-order valence-electron chi connectivity index (χ2n) is 6.95. The van der Waals surface area contributed by atoms with Crippen LogP contribution >= 0.6 is 0 Å². The number of amides is 1. The van der Waals surface area contributed by atoms with Crippen molar-refractivity contribution in [3.8, 4) is 0 Å². The lowest BCUT2D eigenvalue weighted by atomic mass is 10.1. The Balaban J connectivity index is 1.49. The summed E-state index contributed by atoms with van der Waals surface area (Å²) >= 11 is 0. The van der Waals surface area contributed by atoms with Gasteiger partial charge in [-0.1, -0.05) is 12.1 Å². The Morgan fingerprint density at radius 2 is 1.96 bits per heavy atom. The molecule has 4 rings (SSSR count). The quantitative estimate of drug-likeness (QED) is 0.818. The summed E-state index contributed by atoms with van der Waals surface area (Å²) in [7, 11) is 1.95. The van der Waals surface area contributed by atoms with Crippen LogP contribution in [0.25, 0.3) is 11.0 Å². The summed E-state index contributed by atoms with van der Waals surface area (Å²) in [5.74, 6) is -2.08. The Hall–Kier alpha value is -2.22. The monoisotopic (exact) mass is 364 g/mol. The minimum atomic E-state index is -2.66. The molecule has 2 fully saturated rings. The van der Waals surface area contributed by atoms with Crippen molar-refractivity contribution in [2.75, 3.05) is 37.7 Å². The van der Waals surface area contributed by atoms with Crippen LogP contribution in [-0.2, 0) is 16.6 Å². The Labute approximate surface area is 150 Å². The molecule has 8 heteroatoms. The third kappa shape index (κ3) is 3.13. The predicted molar refractivity (Wildman–Crippen MR) is 93.4 cm³/mol. The Morgan fingerprint density at radius 3 is 2.69 bits per heavy atom. The first-order valence-electron chi connectivity index (χ1n) is 8.89. The van der Waals surface area contributed by atoms with Gasteiger partial charge >= 0.3 is 0 Å². The molecule has 1 aromatic heterocycles. The number of rotatable bonds is 2. The number of hydrogen-bond donors (Lipinski definition) is 0. The van der Waals surface area contributed by atoms with Crippen molar-refractivity contribution in [2.24, 2.45) is 7.05 Å². The van der Waals surface area contributed by atoms with Gasteiger partial charge in [0.1, 0.15) is 0 Å². The molecule has 2 saturated heterocycles. The number of fused-ring (bicyclic) bond motifs is 1. The first-order chi connectivity index (χ1) is 12.4. The van der Waals surface area contributed by atoms with Gasteiger partial charge in [-0.05, 0) is 12.1 Å². The summed E-state index contributed by atoms with van der Waals surface area (Å²) in [4.78, 5) is 20.9. The smallest absolute Gasteiger partial charge is 0.253 e. The number of halogens is 2. The number of para-hydroxylation sites is 2. The van der Waals surface area contributed by atoms with E-state index in [9.17, 15) is 13.6 Å². The average molecular weight is 364 g/mol. The maximum absolute atomic E-state index is 13.3. The Kier molecular flexibility index (Phi) is 4.30. The van der Waals surface area contributed by atoms with E-state index in [1.54, 1.807) is 0 Å². The summed E-state index contributed by atoms with van der Waals surface area (Å²) in [6, 6.07) is 7.86. The van der Waals surface area contributed by atoms with Crippen molar-refractivity contribution in [3.05, 3.63) is 24.3 Å². The lowest BCUT2D eigenvalue weighted by Gasteiger charge is -2.37. The second-order valence-corrected chi connectivity index (χ2v) is 6.95. The lowest BCUT2D eigenvalue weighted by Crippen LogP contribution is -2.54. The fourth-order valence-electron chi connectivity index (χ4n) is 3.65. The van der Waals surface area contributed by atoms with Crippen molar-refractivity contribution in [1.29, 1.82) is 0 Å². The van der Waals surface area contributed by atoms with E-state index in [-0.39, 0.29) is 31.8 Å². The van der Waals surface area contributed by atoms with Crippen LogP contribution in [0.5, 0.6) is 0 Å². The molecule has 0 N–H and O–H groups in total. The van der Waals surface area contributed by atoms with Gasteiger partial charge in [-0.25, -0.2) is 13.8 Å². The van der Waals surface area contributed by atoms with Gasteiger partial charge in [-0.2, -0.15) is 0 Å². The highest BCUT2D eigenvalue weighted by atomic mass is 19.3. The third-order valence-electron chi connectivity index (χ3n) is 5.19. The van der Waals surface area contributed by atoms with E-state index in [1.165, 1.54) is 4.90 Å². The molecule has 1 atom stereocenters. The van der Waals surface area contributed by atoms with Gasteiger partial charge in [-0.15, -0.1) is 0 Å². The number of morpholine rings is 1. The molecule has 6 nitrogen and oxygen atoms in total. The molecule has 0 radical (unpaired) electrons. The third-order valence-corrected chi connectivity index (χ3v) is 5.19. The number of likely N-dealkylation sites (tertiary alicyclic amines) is 1. The zero-order valence-corrected chi connectivity index (χ0v) is 14.7. The number of benzene rings is 1. The molecule has 0 saturated carbocycles. The minimum absolute atomic E-state index is 0.0813. The fraction of sp³-hybridized carbons (Fsp3) is 0.556. The highest BCUT2D eigenvalue weighted by Gasteiger charge is 2.39. The van der Waals surface area contributed by atoms with Crippen LogP contribution in [-0.4, -0.2) is 65.2 Å². The molecule has 1 aromatic carbocycles. The van der Waals surface area contributed by atoms with E-state index in [0.717, 1.165) is 17.0 Å². The van der Waals surface area contributed by atoms with Crippen molar-refractivity contribution < 1.29 is 18.3 Å². The number of piperidine rings is 1. The van der Waals surface area contributed by atoms with Crippen LogP contribution in [0.15, 0.2) is 24.3 Å². The van der Waals surface area contributed by atoms with E-state index < -0.39 is 12.0 Å². The molecular weight excluding hydrogens is 342 g/mol. The lowest BCUT2D eigenvalue weighted by molar-refractivity contribution is -0.150. The van der Waals surface area contributed by atoms with E-state index in [4.69, 9.17) is 4.74 Å². The maximum Gasteiger partial charge on any atom is 0.253 e. The SMILES string of the molecule is Cn1c(N2CCOC(C(=O)N3CCC(F)(F)CC3)C2)nc2ccccc21. The van der Waals surface area contributed by atoms with Crippen LogP contribution in [0.1, 0.15) is 12.8 Å². The number of aromatic nitrogens is 2. The van der Waals surface area contributed by atoms with Gasteiger partial charge in [0.2, 0.25) is 5.95 Å². The van der Waals surface area contributed by atoms with Gasteiger partial charge in [0.05, 0.1) is 24.2 Å². The molecule has 2 aliphatic rings. The maximum atomic E-state index is 13.3. The molecule has 1 unspecified atom stereocenters. The number of ether oxygens (including phenoxy) is 1. The van der Waals surface area contributed by atoms with E-state index in [2.05, 4.69) is 4.98 Å². The molecule has 26 heavy (non-hydrogen) atoms. The molecule has 2 aliphatic heterocycles. The molecule has 140 valence electrons.